The van der Waals surface area contributed by atoms with Crippen LogP contribution in [0.25, 0.3) is 0 Å². The Bertz CT molecular complexity index is 639. The molecule has 0 fully saturated rings. The van der Waals surface area contributed by atoms with Crippen molar-refractivity contribution < 1.29 is 19.4 Å². The number of carbonyl (C=O) groups is 2. The first-order chi connectivity index (χ1) is 11.7. The lowest BCUT2D eigenvalue weighted by molar-refractivity contribution is -0.155. The second kappa shape index (κ2) is 7.53. The molecule has 140 valence electrons. The van der Waals surface area contributed by atoms with Crippen molar-refractivity contribution in [3.63, 3.8) is 0 Å². The second-order valence-electron chi connectivity index (χ2n) is 6.96. The minimum Gasteiger partial charge on any atom is -0.386 e. The number of hydrogen-bond acceptors (Lipinski definition) is 5. The van der Waals surface area contributed by atoms with Crippen molar-refractivity contribution in [1.29, 1.82) is 0 Å². The van der Waals surface area contributed by atoms with Gasteiger partial charge in [0, 0.05) is 27.2 Å². The molecule has 1 atom stereocenters. The number of amides is 2. The Morgan fingerprint density at radius 2 is 2.08 bits per heavy atom. The summed E-state index contributed by atoms with van der Waals surface area (Å²) in [7, 11) is 3.30. The molecule has 1 aromatic heterocycles. The summed E-state index contributed by atoms with van der Waals surface area (Å²) in [5.74, 6) is -0.222. The van der Waals surface area contributed by atoms with E-state index in [-0.39, 0.29) is 18.2 Å². The first-order valence-corrected chi connectivity index (χ1v) is 8.54. The Balaban J connectivity index is 2.08. The van der Waals surface area contributed by atoms with Gasteiger partial charge in [0.1, 0.15) is 11.7 Å². The molecule has 0 bridgehead atoms. The van der Waals surface area contributed by atoms with E-state index in [1.165, 1.54) is 4.90 Å². The second-order valence-corrected chi connectivity index (χ2v) is 6.96. The van der Waals surface area contributed by atoms with Gasteiger partial charge in [0.25, 0.3) is 5.91 Å². The predicted octanol–water partition coefficient (Wildman–Crippen LogP) is 0.552. The smallest absolute Gasteiger partial charge is 0.254 e. The van der Waals surface area contributed by atoms with Gasteiger partial charge < -0.3 is 19.6 Å². The van der Waals surface area contributed by atoms with Gasteiger partial charge in [-0.2, -0.15) is 5.10 Å². The van der Waals surface area contributed by atoms with Gasteiger partial charge in [-0.05, 0) is 26.8 Å². The van der Waals surface area contributed by atoms with Gasteiger partial charge in [0.15, 0.2) is 0 Å². The summed E-state index contributed by atoms with van der Waals surface area (Å²) in [6.45, 7) is 7.38. The van der Waals surface area contributed by atoms with Crippen molar-refractivity contribution in [2.75, 3.05) is 27.2 Å². The Hall–Kier alpha value is -1.93. The molecule has 0 unspecified atom stereocenters. The zero-order valence-electron chi connectivity index (χ0n) is 15.7. The average Bonchev–Trinajstić information content (AvgIpc) is 2.97. The number of aliphatic hydroxyl groups is 1. The Morgan fingerprint density at radius 1 is 1.40 bits per heavy atom. The van der Waals surface area contributed by atoms with Crippen LogP contribution in [0.5, 0.6) is 0 Å². The highest BCUT2D eigenvalue weighted by atomic mass is 16.5. The summed E-state index contributed by atoms with van der Waals surface area (Å²) in [5.41, 5.74) is 0.444. The van der Waals surface area contributed by atoms with Crippen molar-refractivity contribution >= 4 is 11.8 Å². The van der Waals surface area contributed by atoms with Gasteiger partial charge in [0.05, 0.1) is 30.9 Å². The first kappa shape index (κ1) is 19.4. The standard InChI is InChI=1S/C17H28N4O4/c1-6-25-17(2,3)16(24)20-7-8-21-12(11-20)9-13(18-21)14(22)10-15(23)19(4)5/h9,14,22H,6-8,10-11H2,1-5H3/t14-/m0/s1. The fourth-order valence-electron chi connectivity index (χ4n) is 2.88. The van der Waals surface area contributed by atoms with Crippen molar-refractivity contribution in [3.05, 3.63) is 17.5 Å². The lowest BCUT2D eigenvalue weighted by atomic mass is 10.1. The highest BCUT2D eigenvalue weighted by Gasteiger charge is 2.35. The molecule has 8 heteroatoms. The summed E-state index contributed by atoms with van der Waals surface area (Å²) in [4.78, 5) is 27.6. The normalized spacial score (nSPS) is 15.7. The van der Waals surface area contributed by atoms with Crippen LogP contribution >= 0.6 is 0 Å². The van der Waals surface area contributed by atoms with Gasteiger partial charge in [0.2, 0.25) is 5.91 Å². The number of carbonyl (C=O) groups excluding carboxylic acids is 2. The zero-order chi connectivity index (χ0) is 18.8. The number of hydrogen-bond donors (Lipinski definition) is 1. The summed E-state index contributed by atoms with van der Waals surface area (Å²) >= 11 is 0. The van der Waals surface area contributed by atoms with Crippen LogP contribution in [0.2, 0.25) is 0 Å². The van der Waals surface area contributed by atoms with E-state index in [0.717, 1.165) is 5.69 Å². The maximum absolute atomic E-state index is 12.7. The molecule has 0 spiro atoms. The van der Waals surface area contributed by atoms with Gasteiger partial charge in [-0.1, -0.05) is 0 Å². The highest BCUT2D eigenvalue weighted by molar-refractivity contribution is 5.84. The summed E-state index contributed by atoms with van der Waals surface area (Å²) in [6.07, 6.45) is -0.958. The fraction of sp³-hybridized carbons (Fsp3) is 0.706. The molecule has 1 aliphatic heterocycles. The van der Waals surface area contributed by atoms with E-state index in [2.05, 4.69) is 5.10 Å². The summed E-state index contributed by atoms with van der Waals surface area (Å²) < 4.78 is 7.33. The first-order valence-electron chi connectivity index (χ1n) is 8.54. The van der Waals surface area contributed by atoms with Gasteiger partial charge >= 0.3 is 0 Å². The molecule has 0 saturated heterocycles. The molecular formula is C17H28N4O4. The van der Waals surface area contributed by atoms with E-state index in [9.17, 15) is 14.7 Å². The van der Waals surface area contributed by atoms with Crippen molar-refractivity contribution in [2.45, 2.75) is 52.0 Å². The van der Waals surface area contributed by atoms with Crippen LogP contribution < -0.4 is 0 Å². The lowest BCUT2D eigenvalue weighted by Gasteiger charge is -2.34. The molecule has 0 aromatic carbocycles. The fourth-order valence-corrected chi connectivity index (χ4v) is 2.88. The Morgan fingerprint density at radius 3 is 2.68 bits per heavy atom. The van der Waals surface area contributed by atoms with E-state index in [1.807, 2.05) is 6.92 Å². The predicted molar refractivity (Wildman–Crippen MR) is 91.6 cm³/mol. The van der Waals surface area contributed by atoms with Crippen LogP contribution in [0, 0.1) is 0 Å². The highest BCUT2D eigenvalue weighted by Crippen LogP contribution is 2.23. The molecule has 1 aliphatic rings. The maximum atomic E-state index is 12.7. The Labute approximate surface area is 148 Å². The summed E-state index contributed by atoms with van der Waals surface area (Å²) in [6, 6.07) is 1.76. The lowest BCUT2D eigenvalue weighted by Crippen LogP contribution is -2.49. The molecule has 0 saturated carbocycles. The number of fused-ring (bicyclic) bond motifs is 1. The molecule has 2 heterocycles. The summed E-state index contributed by atoms with van der Waals surface area (Å²) in [5, 5.41) is 14.6. The Kier molecular flexibility index (Phi) is 5.84. The molecule has 0 aliphatic carbocycles. The monoisotopic (exact) mass is 352 g/mol. The number of rotatable bonds is 6. The van der Waals surface area contributed by atoms with Crippen LogP contribution in [0.1, 0.15) is 44.7 Å². The minimum absolute atomic E-state index is 0.0104. The van der Waals surface area contributed by atoms with E-state index in [0.29, 0.717) is 31.9 Å². The third-order valence-electron chi connectivity index (χ3n) is 4.33. The SMILES string of the molecule is CCOC(C)(C)C(=O)N1CCn2nc([C@@H](O)CC(=O)N(C)C)cc2C1. The van der Waals surface area contributed by atoms with E-state index in [4.69, 9.17) is 4.74 Å². The average molecular weight is 352 g/mol. The number of ether oxygens (including phenoxy) is 1. The number of aromatic nitrogens is 2. The van der Waals surface area contributed by atoms with Gasteiger partial charge in [-0.25, -0.2) is 0 Å². The van der Waals surface area contributed by atoms with Crippen molar-refractivity contribution in [2.24, 2.45) is 0 Å². The van der Waals surface area contributed by atoms with E-state index >= 15 is 0 Å². The van der Waals surface area contributed by atoms with E-state index in [1.54, 1.807) is 43.6 Å². The molecule has 2 amide bonds. The quantitative estimate of drug-likeness (QED) is 0.808. The third kappa shape index (κ3) is 4.38. The van der Waals surface area contributed by atoms with Crippen LogP contribution in [0.3, 0.4) is 0 Å². The van der Waals surface area contributed by atoms with Crippen LogP contribution in [0.15, 0.2) is 6.07 Å². The minimum atomic E-state index is -0.947. The molecule has 1 N–H and O–H groups in total. The van der Waals surface area contributed by atoms with Crippen LogP contribution in [-0.4, -0.2) is 69.3 Å². The van der Waals surface area contributed by atoms with Crippen molar-refractivity contribution in [1.82, 2.24) is 19.6 Å². The molecule has 0 radical (unpaired) electrons. The molecule has 8 nitrogen and oxygen atoms in total. The number of nitrogens with zero attached hydrogens (tertiary/aromatic N) is 4. The van der Waals surface area contributed by atoms with Crippen LogP contribution in [0.4, 0.5) is 0 Å². The maximum Gasteiger partial charge on any atom is 0.254 e. The van der Waals surface area contributed by atoms with Crippen molar-refractivity contribution in [3.8, 4) is 0 Å². The molecule has 1 aromatic rings. The van der Waals surface area contributed by atoms with E-state index < -0.39 is 11.7 Å². The topological polar surface area (TPSA) is 87.9 Å². The molecule has 2 rings (SSSR count). The zero-order valence-corrected chi connectivity index (χ0v) is 15.7. The molecule has 25 heavy (non-hydrogen) atoms. The van der Waals surface area contributed by atoms with Crippen LogP contribution in [-0.2, 0) is 27.4 Å². The number of aliphatic hydroxyl groups excluding tert-OH is 1. The molecular weight excluding hydrogens is 324 g/mol. The van der Waals surface area contributed by atoms with Gasteiger partial charge in [-0.15, -0.1) is 0 Å². The largest absolute Gasteiger partial charge is 0.386 e. The third-order valence-corrected chi connectivity index (χ3v) is 4.33. The van der Waals surface area contributed by atoms with Gasteiger partial charge in [-0.3, -0.25) is 14.3 Å².